The maximum Gasteiger partial charge on any atom is 0.329 e. The van der Waals surface area contributed by atoms with Crippen molar-refractivity contribution in [1.82, 2.24) is 20.9 Å². The van der Waals surface area contributed by atoms with E-state index in [1.54, 1.807) is 9.80 Å². The van der Waals surface area contributed by atoms with E-state index in [0.29, 0.717) is 19.5 Å². The predicted molar refractivity (Wildman–Crippen MR) is 210 cm³/mol. The second-order valence-corrected chi connectivity index (χ2v) is 13.1. The molecule has 13 nitrogen and oxygen atoms in total. The molecule has 0 aromatic heterocycles. The number of guanidine groups is 1. The van der Waals surface area contributed by atoms with Crippen LogP contribution < -0.4 is 26.6 Å². The Kier molecular flexibility index (Phi) is 12.4. The van der Waals surface area contributed by atoms with Gasteiger partial charge in [0.2, 0.25) is 11.8 Å². The van der Waals surface area contributed by atoms with Gasteiger partial charge in [-0.05, 0) is 64.9 Å². The molecule has 1 atom stereocenters. The third-order valence-electron chi connectivity index (χ3n) is 9.28. The Balaban J connectivity index is 1.14. The number of anilines is 2. The molecule has 6 rings (SSSR count). The van der Waals surface area contributed by atoms with E-state index in [0.717, 1.165) is 39.2 Å². The lowest BCUT2D eigenvalue weighted by molar-refractivity contribution is -0.485. The Bertz CT molecular complexity index is 2040. The van der Waals surface area contributed by atoms with Crippen molar-refractivity contribution in [3.8, 4) is 0 Å². The molecule has 0 saturated heterocycles. The number of amides is 4. The number of para-hydroxylation sites is 2. The van der Waals surface area contributed by atoms with Gasteiger partial charge in [-0.3, -0.25) is 14.5 Å². The summed E-state index contributed by atoms with van der Waals surface area (Å²) in [4.78, 5) is 56.0. The van der Waals surface area contributed by atoms with Gasteiger partial charge >= 0.3 is 6.03 Å². The summed E-state index contributed by atoms with van der Waals surface area (Å²) in [7, 11) is 0. The molecule has 0 bridgehead atoms. The lowest BCUT2D eigenvalue weighted by Gasteiger charge is -2.28. The van der Waals surface area contributed by atoms with Gasteiger partial charge < -0.3 is 26.6 Å². The molecule has 280 valence electrons. The number of benzene rings is 5. The predicted octanol–water partition coefficient (Wildman–Crippen LogP) is 5.77. The average molecular weight is 739 g/mol. The third kappa shape index (κ3) is 9.90. The van der Waals surface area contributed by atoms with E-state index in [9.17, 15) is 24.5 Å². The smallest absolute Gasteiger partial charge is 0.329 e. The van der Waals surface area contributed by atoms with E-state index in [1.165, 1.54) is 0 Å². The highest BCUT2D eigenvalue weighted by Gasteiger charge is 2.30. The van der Waals surface area contributed by atoms with Gasteiger partial charge in [0.25, 0.3) is 5.96 Å². The molecule has 13 heteroatoms. The summed E-state index contributed by atoms with van der Waals surface area (Å²) in [6.07, 6.45) is 0.562. The molecular formula is C42H42N8O5. The van der Waals surface area contributed by atoms with Crippen molar-refractivity contribution in [2.75, 3.05) is 11.4 Å². The summed E-state index contributed by atoms with van der Waals surface area (Å²) in [5.74, 6) is -1.75. The molecule has 5 aromatic carbocycles. The highest BCUT2D eigenvalue weighted by atomic mass is 16.7. The number of rotatable bonds is 14. The molecule has 0 saturated carbocycles. The van der Waals surface area contributed by atoms with E-state index in [-0.39, 0.29) is 43.3 Å². The van der Waals surface area contributed by atoms with Gasteiger partial charge in [-0.1, -0.05) is 115 Å². The molecule has 1 heterocycles. The number of fused-ring (bicyclic) bond motifs is 1. The molecule has 5 N–H and O–H groups in total. The third-order valence-corrected chi connectivity index (χ3v) is 9.28. The number of nitro groups is 1. The number of hydrogen-bond acceptors (Lipinski definition) is 5. The van der Waals surface area contributed by atoms with Gasteiger partial charge in [0.15, 0.2) is 5.03 Å². The van der Waals surface area contributed by atoms with Gasteiger partial charge in [-0.15, -0.1) is 0 Å². The Morgan fingerprint density at radius 3 is 1.85 bits per heavy atom. The van der Waals surface area contributed by atoms with E-state index >= 15 is 0 Å². The van der Waals surface area contributed by atoms with Crippen molar-refractivity contribution in [2.24, 2.45) is 10.8 Å². The first kappa shape index (κ1) is 37.7. The first-order chi connectivity index (χ1) is 26.8. The van der Waals surface area contributed by atoms with Crippen LogP contribution in [0.2, 0.25) is 0 Å². The summed E-state index contributed by atoms with van der Waals surface area (Å²) >= 11 is 0. The number of hydrogen-bond donors (Lipinski definition) is 4. The molecule has 5 aromatic rings. The number of carbonyl (C=O) groups excluding carboxylic acids is 3. The minimum absolute atomic E-state index is 0.146. The largest absolute Gasteiger partial charge is 0.365 e. The fraction of sp³-hybridized carbons (Fsp3) is 0.190. The lowest BCUT2D eigenvalue weighted by Crippen LogP contribution is -2.48. The minimum Gasteiger partial charge on any atom is -0.365 e. The van der Waals surface area contributed by atoms with Crippen LogP contribution in [0.15, 0.2) is 145 Å². The molecule has 4 amide bonds. The van der Waals surface area contributed by atoms with Crippen LogP contribution in [0.4, 0.5) is 16.2 Å². The molecule has 1 aliphatic rings. The molecule has 0 spiro atoms. The fourth-order valence-corrected chi connectivity index (χ4v) is 6.63. The number of hydrazone groups is 1. The van der Waals surface area contributed by atoms with Crippen LogP contribution in [-0.4, -0.2) is 46.3 Å². The second kappa shape index (κ2) is 18.1. The molecule has 0 aliphatic carbocycles. The van der Waals surface area contributed by atoms with Crippen LogP contribution >= 0.6 is 0 Å². The van der Waals surface area contributed by atoms with Gasteiger partial charge in [-0.2, -0.15) is 0 Å². The topological polar surface area (TPSA) is 175 Å². The Morgan fingerprint density at radius 2 is 1.29 bits per heavy atom. The van der Waals surface area contributed by atoms with Crippen molar-refractivity contribution in [2.45, 2.75) is 44.4 Å². The van der Waals surface area contributed by atoms with Crippen molar-refractivity contribution in [1.29, 1.82) is 0 Å². The highest BCUT2D eigenvalue weighted by Crippen LogP contribution is 2.31. The van der Waals surface area contributed by atoms with E-state index in [2.05, 4.69) is 21.1 Å². The minimum atomic E-state index is -0.928. The number of nitrogens with one attached hydrogen (secondary N) is 3. The van der Waals surface area contributed by atoms with Gasteiger partial charge in [0.1, 0.15) is 11.1 Å². The van der Waals surface area contributed by atoms with Gasteiger partial charge in [0, 0.05) is 26.2 Å². The van der Waals surface area contributed by atoms with Gasteiger partial charge in [0.05, 0.1) is 17.3 Å². The molecule has 55 heavy (non-hydrogen) atoms. The molecular weight excluding hydrogens is 697 g/mol. The van der Waals surface area contributed by atoms with Crippen LogP contribution in [-0.2, 0) is 29.2 Å². The summed E-state index contributed by atoms with van der Waals surface area (Å²) in [5.41, 5.74) is 11.5. The Labute approximate surface area is 319 Å². The van der Waals surface area contributed by atoms with Crippen molar-refractivity contribution >= 4 is 35.2 Å². The van der Waals surface area contributed by atoms with Crippen LogP contribution in [0.5, 0.6) is 0 Å². The summed E-state index contributed by atoms with van der Waals surface area (Å²) in [6.45, 7) is 1.23. The average Bonchev–Trinajstić information content (AvgIpc) is 3.63. The monoisotopic (exact) mass is 738 g/mol. The first-order valence-electron chi connectivity index (χ1n) is 18.0. The number of carbonyl (C=O) groups is 3. The van der Waals surface area contributed by atoms with Crippen LogP contribution in [0.25, 0.3) is 0 Å². The molecule has 0 unspecified atom stereocenters. The zero-order valence-electron chi connectivity index (χ0n) is 30.1. The molecule has 0 radical (unpaired) electrons. The maximum atomic E-state index is 14.0. The number of nitrogens with two attached hydrogens (primary N) is 1. The summed E-state index contributed by atoms with van der Waals surface area (Å²) < 4.78 is 0. The van der Waals surface area contributed by atoms with Crippen molar-refractivity contribution in [3.05, 3.63) is 177 Å². The van der Waals surface area contributed by atoms with Crippen LogP contribution in [0.1, 0.15) is 46.6 Å². The summed E-state index contributed by atoms with van der Waals surface area (Å²) in [5, 5.41) is 21.4. The zero-order chi connectivity index (χ0) is 38.6. The molecule has 1 aliphatic heterocycles. The van der Waals surface area contributed by atoms with E-state index in [4.69, 9.17) is 5.73 Å². The van der Waals surface area contributed by atoms with Crippen molar-refractivity contribution in [3.63, 3.8) is 0 Å². The van der Waals surface area contributed by atoms with E-state index in [1.807, 2.05) is 140 Å². The second-order valence-electron chi connectivity index (χ2n) is 13.1. The Morgan fingerprint density at radius 1 is 0.745 bits per heavy atom. The quantitative estimate of drug-likeness (QED) is 0.0368. The van der Waals surface area contributed by atoms with Crippen molar-refractivity contribution < 1.29 is 19.4 Å². The molecule has 0 fully saturated rings. The number of urea groups is 1. The standard InChI is InChI=1S/C42H42N8O5/c43-41(47-50(54)55)44-25-13-22-37(46-40(52)38(31-14-5-1-6-15-31)32-16-7-2-8-17-32)39(51)45-27-30-23-24-33-28-48(29-34(33)26-30)42(53)49(35-18-9-3-10-19-35)36-20-11-4-12-21-36/h1-12,14-21,23-24,26,37-38H,13,22,25,27-29H2,(H,45,51)(H,46,52)(H3,43,44,47)/t37-/m0/s1. The first-order valence-corrected chi connectivity index (χ1v) is 18.0. The SMILES string of the molecule is NC(=N[N+](=O)[O-])NCCC[C@H](NC(=O)C(c1ccccc1)c1ccccc1)C(=O)NCc1ccc2c(c1)CN(C(=O)N(c1ccccc1)c1ccccc1)C2. The Hall–Kier alpha value is -7.02. The van der Waals surface area contributed by atoms with Gasteiger partial charge in [-0.25, -0.2) is 14.9 Å². The maximum absolute atomic E-state index is 14.0. The van der Waals surface area contributed by atoms with Crippen LogP contribution in [0, 0.1) is 10.1 Å². The normalized spacial score (nSPS) is 12.7. The lowest BCUT2D eigenvalue weighted by atomic mass is 9.90. The summed E-state index contributed by atoms with van der Waals surface area (Å²) in [6, 6.07) is 42.6. The highest BCUT2D eigenvalue weighted by molar-refractivity contribution is 5.99. The van der Waals surface area contributed by atoms with E-state index < -0.39 is 17.0 Å². The fourth-order valence-electron chi connectivity index (χ4n) is 6.63. The number of nitrogens with zero attached hydrogens (tertiary/aromatic N) is 4. The zero-order valence-corrected chi connectivity index (χ0v) is 30.1. The van der Waals surface area contributed by atoms with Crippen LogP contribution in [0.3, 0.4) is 0 Å².